The first-order valence-corrected chi connectivity index (χ1v) is 7.86. The molecule has 0 spiro atoms. The molecule has 0 N–H and O–H groups in total. The highest BCUT2D eigenvalue weighted by molar-refractivity contribution is 6.07. The van der Waals surface area contributed by atoms with Gasteiger partial charge < -0.3 is 14.2 Å². The van der Waals surface area contributed by atoms with E-state index >= 15 is 0 Å². The van der Waals surface area contributed by atoms with Gasteiger partial charge in [-0.3, -0.25) is 4.79 Å². The zero-order valence-electron chi connectivity index (χ0n) is 15.0. The Kier molecular flexibility index (Phi) is 6.33. The number of ketones is 1. The maximum absolute atomic E-state index is 12.6. The Balaban J connectivity index is 2.33. The first-order chi connectivity index (χ1) is 12.3. The van der Waals surface area contributed by atoms with E-state index < -0.39 is 6.61 Å². The summed E-state index contributed by atoms with van der Waals surface area (Å²) in [6.07, 6.45) is 2.98. The van der Waals surface area contributed by atoms with Gasteiger partial charge in [-0.05, 0) is 43.2 Å². The Morgan fingerprint density at radius 3 is 2.15 bits per heavy atom. The standard InChI is InChI=1S/C20H20F2O4/c1-12-5-7-15(13(2)9-12)16(23)8-6-14-10-17(24-3)19(26-20(21)22)18(11-14)25-4/h5-11,20H,1-4H3/b8-6+. The van der Waals surface area contributed by atoms with E-state index in [4.69, 9.17) is 9.47 Å². The molecular weight excluding hydrogens is 342 g/mol. The zero-order chi connectivity index (χ0) is 19.3. The van der Waals surface area contributed by atoms with Crippen LogP contribution in [0.5, 0.6) is 17.2 Å². The quantitative estimate of drug-likeness (QED) is 0.523. The van der Waals surface area contributed by atoms with Gasteiger partial charge in [0, 0.05) is 5.56 Å². The Labute approximate surface area is 151 Å². The summed E-state index contributed by atoms with van der Waals surface area (Å²) in [5, 5.41) is 0. The lowest BCUT2D eigenvalue weighted by molar-refractivity contribution is -0.0526. The number of methoxy groups -OCH3 is 2. The van der Waals surface area contributed by atoms with Crippen molar-refractivity contribution in [3.05, 3.63) is 58.7 Å². The SMILES string of the molecule is COc1cc(/C=C/C(=O)c2ccc(C)cc2C)cc(OC)c1OC(F)F. The number of allylic oxidation sites excluding steroid dienone is 1. The Bertz CT molecular complexity index is 804. The van der Waals surface area contributed by atoms with Crippen LogP contribution in [-0.2, 0) is 0 Å². The highest BCUT2D eigenvalue weighted by Gasteiger charge is 2.17. The number of aryl methyl sites for hydroxylation is 2. The number of hydrogen-bond acceptors (Lipinski definition) is 4. The van der Waals surface area contributed by atoms with Gasteiger partial charge in [0.1, 0.15) is 0 Å². The van der Waals surface area contributed by atoms with Crippen LogP contribution in [0.4, 0.5) is 8.78 Å². The number of rotatable bonds is 7. The predicted octanol–water partition coefficient (Wildman–Crippen LogP) is 4.82. The first-order valence-electron chi connectivity index (χ1n) is 7.86. The van der Waals surface area contributed by atoms with Crippen molar-refractivity contribution < 1.29 is 27.8 Å². The molecule has 0 heterocycles. The molecule has 4 nitrogen and oxygen atoms in total. The lowest BCUT2D eigenvalue weighted by Crippen LogP contribution is -2.05. The third kappa shape index (κ3) is 4.59. The highest BCUT2D eigenvalue weighted by Crippen LogP contribution is 2.39. The Hall–Kier alpha value is -2.89. The normalized spacial score (nSPS) is 11.0. The van der Waals surface area contributed by atoms with Crippen LogP contribution in [0.3, 0.4) is 0 Å². The second-order valence-electron chi connectivity index (χ2n) is 5.65. The van der Waals surface area contributed by atoms with Crippen molar-refractivity contribution in [1.29, 1.82) is 0 Å². The van der Waals surface area contributed by atoms with Crippen molar-refractivity contribution in [2.24, 2.45) is 0 Å². The minimum atomic E-state index is -3.01. The van der Waals surface area contributed by atoms with Crippen molar-refractivity contribution in [1.82, 2.24) is 0 Å². The molecule has 0 aliphatic rings. The molecule has 0 fully saturated rings. The van der Waals surface area contributed by atoms with Gasteiger partial charge in [0.2, 0.25) is 5.75 Å². The monoisotopic (exact) mass is 362 g/mol. The first kappa shape index (κ1) is 19.4. The van der Waals surface area contributed by atoms with Gasteiger partial charge in [-0.25, -0.2) is 0 Å². The average Bonchev–Trinajstić information content (AvgIpc) is 2.59. The largest absolute Gasteiger partial charge is 0.493 e. The van der Waals surface area contributed by atoms with Crippen LogP contribution >= 0.6 is 0 Å². The molecule has 0 aliphatic heterocycles. The average molecular weight is 362 g/mol. The van der Waals surface area contributed by atoms with Gasteiger partial charge >= 0.3 is 6.61 Å². The molecule has 0 aliphatic carbocycles. The molecule has 0 bridgehead atoms. The molecule has 0 saturated carbocycles. The summed E-state index contributed by atoms with van der Waals surface area (Å²) in [6.45, 7) is 0.820. The van der Waals surface area contributed by atoms with Gasteiger partial charge in [-0.1, -0.05) is 29.8 Å². The second-order valence-corrected chi connectivity index (χ2v) is 5.65. The van der Waals surface area contributed by atoms with E-state index in [9.17, 15) is 13.6 Å². The highest BCUT2D eigenvalue weighted by atomic mass is 19.3. The van der Waals surface area contributed by atoms with Gasteiger partial charge in [0.15, 0.2) is 17.3 Å². The topological polar surface area (TPSA) is 44.8 Å². The number of benzene rings is 2. The minimum absolute atomic E-state index is 0.0864. The molecule has 0 aromatic heterocycles. The molecule has 0 saturated heterocycles. The van der Waals surface area contributed by atoms with E-state index in [0.29, 0.717) is 11.1 Å². The van der Waals surface area contributed by atoms with E-state index in [1.807, 2.05) is 26.0 Å². The van der Waals surface area contributed by atoms with Crippen molar-refractivity contribution in [3.63, 3.8) is 0 Å². The number of carbonyl (C=O) groups excluding carboxylic acids is 1. The van der Waals surface area contributed by atoms with E-state index in [1.54, 1.807) is 12.1 Å². The molecule has 0 unspecified atom stereocenters. The van der Waals surface area contributed by atoms with Crippen molar-refractivity contribution in [2.75, 3.05) is 14.2 Å². The van der Waals surface area contributed by atoms with Crippen molar-refractivity contribution in [2.45, 2.75) is 20.5 Å². The summed E-state index contributed by atoms with van der Waals surface area (Å²) in [5.74, 6) is -0.178. The molecule has 0 atom stereocenters. The fraction of sp³-hybridized carbons (Fsp3) is 0.250. The van der Waals surface area contributed by atoms with Gasteiger partial charge in [-0.2, -0.15) is 8.78 Å². The summed E-state index contributed by atoms with van der Waals surface area (Å²) in [5.41, 5.74) is 3.12. The zero-order valence-corrected chi connectivity index (χ0v) is 15.0. The van der Waals surface area contributed by atoms with Crippen LogP contribution in [0.1, 0.15) is 27.0 Å². The molecule has 0 amide bonds. The number of hydrogen-bond donors (Lipinski definition) is 0. The number of alkyl halides is 2. The summed E-state index contributed by atoms with van der Waals surface area (Å²) < 4.78 is 39.8. The fourth-order valence-electron chi connectivity index (χ4n) is 2.55. The summed E-state index contributed by atoms with van der Waals surface area (Å²) >= 11 is 0. The lowest BCUT2D eigenvalue weighted by Gasteiger charge is -2.14. The molecule has 26 heavy (non-hydrogen) atoms. The van der Waals surface area contributed by atoms with Crippen molar-refractivity contribution in [3.8, 4) is 17.2 Å². The van der Waals surface area contributed by atoms with Crippen LogP contribution in [0.15, 0.2) is 36.4 Å². The smallest absolute Gasteiger partial charge is 0.387 e. The van der Waals surface area contributed by atoms with Crippen molar-refractivity contribution >= 4 is 11.9 Å². The van der Waals surface area contributed by atoms with E-state index in [1.165, 1.54) is 32.4 Å². The number of halogens is 2. The second kappa shape index (κ2) is 8.47. The Morgan fingerprint density at radius 1 is 1.04 bits per heavy atom. The minimum Gasteiger partial charge on any atom is -0.493 e. The third-order valence-electron chi connectivity index (χ3n) is 3.76. The summed E-state index contributed by atoms with van der Waals surface area (Å²) in [7, 11) is 2.67. The fourth-order valence-corrected chi connectivity index (χ4v) is 2.55. The molecule has 6 heteroatoms. The third-order valence-corrected chi connectivity index (χ3v) is 3.76. The van der Waals surface area contributed by atoms with E-state index in [2.05, 4.69) is 4.74 Å². The predicted molar refractivity (Wildman–Crippen MR) is 95.5 cm³/mol. The van der Waals surface area contributed by atoms with Gasteiger partial charge in [-0.15, -0.1) is 0 Å². The van der Waals surface area contributed by atoms with Crippen LogP contribution in [0.25, 0.3) is 6.08 Å². The van der Waals surface area contributed by atoms with Crippen LogP contribution < -0.4 is 14.2 Å². The molecule has 2 aromatic rings. The van der Waals surface area contributed by atoms with E-state index in [0.717, 1.165) is 11.1 Å². The van der Waals surface area contributed by atoms with Gasteiger partial charge in [0.05, 0.1) is 14.2 Å². The number of carbonyl (C=O) groups is 1. The summed E-state index contributed by atoms with van der Waals surface area (Å²) in [4.78, 5) is 12.4. The van der Waals surface area contributed by atoms with Crippen LogP contribution in [0, 0.1) is 13.8 Å². The lowest BCUT2D eigenvalue weighted by atomic mass is 10.0. The van der Waals surface area contributed by atoms with E-state index in [-0.39, 0.29) is 23.0 Å². The maximum atomic E-state index is 12.6. The molecular formula is C20H20F2O4. The molecule has 0 radical (unpaired) electrons. The molecule has 2 rings (SSSR count). The Morgan fingerprint density at radius 2 is 1.65 bits per heavy atom. The molecule has 2 aromatic carbocycles. The van der Waals surface area contributed by atoms with Crippen LogP contribution in [0.2, 0.25) is 0 Å². The maximum Gasteiger partial charge on any atom is 0.387 e. The number of ether oxygens (including phenoxy) is 3. The van der Waals surface area contributed by atoms with Gasteiger partial charge in [0.25, 0.3) is 0 Å². The summed E-state index contributed by atoms with van der Waals surface area (Å²) in [6, 6.07) is 8.57. The van der Waals surface area contributed by atoms with Crippen LogP contribution in [-0.4, -0.2) is 26.6 Å². The molecule has 138 valence electrons.